The van der Waals surface area contributed by atoms with Gasteiger partial charge in [0.25, 0.3) is 0 Å². The number of nitrogens with zero attached hydrogens (tertiary/aromatic N) is 2. The van der Waals surface area contributed by atoms with Gasteiger partial charge < -0.3 is 14.2 Å². The summed E-state index contributed by atoms with van der Waals surface area (Å²) < 4.78 is 6.23. The van der Waals surface area contributed by atoms with Crippen LogP contribution in [0.15, 0.2) is 271 Å². The van der Waals surface area contributed by atoms with Crippen molar-refractivity contribution in [2.75, 3.05) is 9.80 Å². The molecule has 328 valence electrons. The van der Waals surface area contributed by atoms with Gasteiger partial charge >= 0.3 is 0 Å². The van der Waals surface area contributed by atoms with Crippen LogP contribution < -0.4 is 9.80 Å². The van der Waals surface area contributed by atoms with Gasteiger partial charge in [-0.05, 0) is 134 Å². The normalized spacial score (nSPS) is 12.9. The highest BCUT2D eigenvalue weighted by Gasteiger charge is 2.52. The van der Waals surface area contributed by atoms with Crippen molar-refractivity contribution in [1.29, 1.82) is 0 Å². The van der Waals surface area contributed by atoms with Gasteiger partial charge in [0.1, 0.15) is 11.2 Å². The van der Waals surface area contributed by atoms with Crippen molar-refractivity contribution in [2.24, 2.45) is 0 Å². The van der Waals surface area contributed by atoms with E-state index in [-0.39, 0.29) is 0 Å². The van der Waals surface area contributed by atoms with Crippen molar-refractivity contribution in [3.63, 3.8) is 0 Å². The zero-order valence-electron chi connectivity index (χ0n) is 38.2. The lowest BCUT2D eigenvalue weighted by molar-refractivity contribution is 0.669. The molecule has 2 heterocycles. The predicted octanol–water partition coefficient (Wildman–Crippen LogP) is 18.2. The number of hydrogen-bond acceptors (Lipinski definition) is 3. The van der Waals surface area contributed by atoms with E-state index in [1.54, 1.807) is 0 Å². The van der Waals surface area contributed by atoms with Crippen LogP contribution >= 0.6 is 0 Å². The van der Waals surface area contributed by atoms with Crippen molar-refractivity contribution in [1.82, 2.24) is 0 Å². The monoisotopic (exact) mass is 892 g/mol. The third kappa shape index (κ3) is 6.01. The van der Waals surface area contributed by atoms with E-state index in [2.05, 4.69) is 265 Å². The second-order valence-electron chi connectivity index (χ2n) is 18.4. The summed E-state index contributed by atoms with van der Waals surface area (Å²) in [6.45, 7) is 0. The van der Waals surface area contributed by atoms with Crippen molar-refractivity contribution in [3.8, 4) is 44.5 Å². The van der Waals surface area contributed by atoms with E-state index >= 15 is 0 Å². The van der Waals surface area contributed by atoms with E-state index < -0.39 is 5.41 Å². The second-order valence-corrected chi connectivity index (χ2v) is 18.4. The summed E-state index contributed by atoms with van der Waals surface area (Å²) in [4.78, 5) is 4.92. The highest BCUT2D eigenvalue weighted by molar-refractivity contribution is 6.06. The zero-order chi connectivity index (χ0) is 46.2. The van der Waals surface area contributed by atoms with Crippen LogP contribution in [-0.4, -0.2) is 0 Å². The minimum absolute atomic E-state index is 0.606. The Morgan fingerprint density at radius 2 is 0.857 bits per heavy atom. The fraction of sp³-hybridized carbons (Fsp3) is 0.0149. The van der Waals surface area contributed by atoms with Gasteiger partial charge in [0.05, 0.1) is 22.5 Å². The van der Waals surface area contributed by atoms with Gasteiger partial charge in [0.2, 0.25) is 0 Å². The number of benzene rings is 11. The lowest BCUT2D eigenvalue weighted by Gasteiger charge is -2.45. The molecule has 0 radical (unpaired) electrons. The first kappa shape index (κ1) is 39.9. The van der Waals surface area contributed by atoms with Crippen LogP contribution in [0.5, 0.6) is 0 Å². The van der Waals surface area contributed by atoms with Crippen LogP contribution in [0.1, 0.15) is 22.3 Å². The van der Waals surface area contributed by atoms with E-state index in [0.29, 0.717) is 0 Å². The van der Waals surface area contributed by atoms with E-state index in [4.69, 9.17) is 4.42 Å². The fourth-order valence-electron chi connectivity index (χ4n) is 11.7. The first-order chi connectivity index (χ1) is 34.7. The quantitative estimate of drug-likeness (QED) is 0.159. The van der Waals surface area contributed by atoms with Crippen LogP contribution in [0, 0.1) is 0 Å². The summed E-state index contributed by atoms with van der Waals surface area (Å²) >= 11 is 0. The number of furan rings is 1. The highest BCUT2D eigenvalue weighted by Crippen LogP contribution is 2.64. The van der Waals surface area contributed by atoms with Gasteiger partial charge in [0, 0.05) is 33.4 Å². The summed E-state index contributed by atoms with van der Waals surface area (Å²) in [5.41, 5.74) is 22.5. The Hall–Kier alpha value is -9.18. The van der Waals surface area contributed by atoms with Crippen molar-refractivity contribution in [3.05, 3.63) is 289 Å². The van der Waals surface area contributed by atoms with E-state index in [0.717, 1.165) is 61.4 Å². The fourth-order valence-corrected chi connectivity index (χ4v) is 11.7. The SMILES string of the molecule is c1ccc(-c2ccccc2-c2ccccc2N(c2ccc(-c3ccc4oc5ccccc5c4c3)cc2)c2ccc3c(c2)C2(c4ccccc4-3)c3ccccc3N(c3ccccc3)c3ccccc32)cc1. The molecule has 0 atom stereocenters. The maximum Gasteiger partial charge on any atom is 0.135 e. The van der Waals surface area contributed by atoms with Gasteiger partial charge in [-0.3, -0.25) is 0 Å². The molecule has 0 saturated carbocycles. The highest BCUT2D eigenvalue weighted by atomic mass is 16.3. The lowest BCUT2D eigenvalue weighted by Crippen LogP contribution is -2.36. The molecule has 1 aliphatic carbocycles. The molecule has 14 rings (SSSR count). The molecule has 70 heavy (non-hydrogen) atoms. The topological polar surface area (TPSA) is 19.6 Å². The van der Waals surface area contributed by atoms with E-state index in [9.17, 15) is 0 Å². The van der Waals surface area contributed by atoms with Gasteiger partial charge in [-0.15, -0.1) is 0 Å². The standard InChI is InChI=1S/C67H44N2O/c1-3-19-46(20-4-1)51-23-7-8-24-52(51)55-26-10-15-31-62(55)68(49-38-35-45(36-39-49)47-37-42-66-57(43-47)56-27-11-18-34-65(56)70-66)50-40-41-54-53-25-9-12-28-58(53)67(61(54)44-50)59-29-13-16-32-63(59)69(48-21-5-2-6-22-48)64-33-17-14-30-60(64)67/h1-44H. The van der Waals surface area contributed by atoms with Gasteiger partial charge in [0.15, 0.2) is 0 Å². The second kappa shape index (κ2) is 16.0. The van der Waals surface area contributed by atoms with Gasteiger partial charge in [-0.1, -0.05) is 194 Å². The molecule has 0 N–H and O–H groups in total. The Morgan fingerprint density at radius 3 is 1.61 bits per heavy atom. The largest absolute Gasteiger partial charge is 0.456 e. The molecule has 1 aliphatic heterocycles. The molecule has 3 nitrogen and oxygen atoms in total. The van der Waals surface area contributed by atoms with Gasteiger partial charge in [-0.25, -0.2) is 0 Å². The van der Waals surface area contributed by atoms with Crippen LogP contribution in [-0.2, 0) is 5.41 Å². The zero-order valence-corrected chi connectivity index (χ0v) is 38.2. The number of fused-ring (bicyclic) bond motifs is 12. The third-order valence-electron chi connectivity index (χ3n) is 14.7. The van der Waals surface area contributed by atoms with Crippen LogP contribution in [0.4, 0.5) is 34.1 Å². The minimum atomic E-state index is -0.606. The van der Waals surface area contributed by atoms with Gasteiger partial charge in [-0.2, -0.15) is 0 Å². The number of rotatable bonds is 7. The van der Waals surface area contributed by atoms with Crippen molar-refractivity contribution < 1.29 is 4.42 Å². The van der Waals surface area contributed by atoms with E-state index in [1.165, 1.54) is 61.4 Å². The summed E-state index contributed by atoms with van der Waals surface area (Å²) in [7, 11) is 0. The molecule has 1 aromatic heterocycles. The summed E-state index contributed by atoms with van der Waals surface area (Å²) in [6, 6.07) is 97.5. The average molecular weight is 893 g/mol. The summed E-state index contributed by atoms with van der Waals surface area (Å²) in [6.07, 6.45) is 0. The number of hydrogen-bond donors (Lipinski definition) is 0. The molecular weight excluding hydrogens is 849 g/mol. The van der Waals surface area contributed by atoms with Crippen molar-refractivity contribution in [2.45, 2.75) is 5.41 Å². The molecule has 2 aliphatic rings. The smallest absolute Gasteiger partial charge is 0.135 e. The first-order valence-electron chi connectivity index (χ1n) is 24.1. The minimum Gasteiger partial charge on any atom is -0.456 e. The summed E-state index contributed by atoms with van der Waals surface area (Å²) in [5, 5.41) is 2.25. The van der Waals surface area contributed by atoms with Crippen LogP contribution in [0.3, 0.4) is 0 Å². The lowest BCUT2D eigenvalue weighted by atomic mass is 9.64. The Morgan fingerprint density at radius 1 is 0.314 bits per heavy atom. The Bertz CT molecular complexity index is 3920. The molecule has 3 heteroatoms. The number of anilines is 6. The molecule has 0 amide bonds. The Balaban J connectivity index is 1.00. The predicted molar refractivity (Wildman–Crippen MR) is 290 cm³/mol. The molecule has 0 bridgehead atoms. The molecule has 1 spiro atoms. The van der Waals surface area contributed by atoms with Crippen LogP contribution in [0.25, 0.3) is 66.4 Å². The maximum atomic E-state index is 6.23. The molecule has 0 fully saturated rings. The molecule has 12 aromatic rings. The maximum absolute atomic E-state index is 6.23. The van der Waals surface area contributed by atoms with Crippen molar-refractivity contribution >= 4 is 56.1 Å². The Labute approximate surface area is 407 Å². The van der Waals surface area contributed by atoms with E-state index in [1.807, 2.05) is 12.1 Å². The molecular formula is C67H44N2O. The Kier molecular flexibility index (Phi) is 9.11. The third-order valence-corrected chi connectivity index (χ3v) is 14.7. The number of para-hydroxylation sites is 5. The molecule has 11 aromatic carbocycles. The average Bonchev–Trinajstić information content (AvgIpc) is 3.96. The first-order valence-corrected chi connectivity index (χ1v) is 24.1. The van der Waals surface area contributed by atoms with Crippen LogP contribution in [0.2, 0.25) is 0 Å². The molecule has 0 unspecified atom stereocenters. The summed E-state index contributed by atoms with van der Waals surface area (Å²) in [5.74, 6) is 0. The molecule has 0 saturated heterocycles.